The maximum atomic E-state index is 13.9. The number of benzene rings is 1. The molecular formula is C15H19ClF2N2O. The molecule has 0 radical (unpaired) electrons. The third-order valence-corrected chi connectivity index (χ3v) is 4.18. The number of hydrogen-bond donors (Lipinski definition) is 1. The van der Waals surface area contributed by atoms with Crippen molar-refractivity contribution >= 4 is 17.5 Å². The van der Waals surface area contributed by atoms with Gasteiger partial charge in [0.1, 0.15) is 11.6 Å². The Kier molecular flexibility index (Phi) is 5.17. The van der Waals surface area contributed by atoms with E-state index in [4.69, 9.17) is 11.6 Å². The minimum Gasteiger partial charge on any atom is -0.352 e. The Morgan fingerprint density at radius 1 is 1.38 bits per heavy atom. The lowest BCUT2D eigenvalue weighted by atomic mass is 10.1. The minimum atomic E-state index is -0.619. The highest BCUT2D eigenvalue weighted by atomic mass is 35.5. The van der Waals surface area contributed by atoms with E-state index in [1.807, 2.05) is 18.7 Å². The molecule has 1 atom stereocenters. The Labute approximate surface area is 128 Å². The van der Waals surface area contributed by atoms with Crippen LogP contribution in [0, 0.1) is 11.6 Å². The molecule has 1 heterocycles. The summed E-state index contributed by atoms with van der Waals surface area (Å²) < 4.78 is 27.4. The van der Waals surface area contributed by atoms with Gasteiger partial charge in [0.15, 0.2) is 0 Å². The molecule has 3 nitrogen and oxygen atoms in total. The minimum absolute atomic E-state index is 0.0404. The quantitative estimate of drug-likeness (QED) is 0.847. The van der Waals surface area contributed by atoms with Gasteiger partial charge in [-0.2, -0.15) is 0 Å². The van der Waals surface area contributed by atoms with Crippen molar-refractivity contribution in [3.8, 4) is 0 Å². The molecule has 0 aromatic heterocycles. The summed E-state index contributed by atoms with van der Waals surface area (Å²) in [7, 11) is 0. The molecule has 6 heteroatoms. The zero-order valence-corrected chi connectivity index (χ0v) is 12.9. The van der Waals surface area contributed by atoms with Gasteiger partial charge in [0.25, 0.3) is 0 Å². The second-order valence-corrected chi connectivity index (χ2v) is 6.03. The Morgan fingerprint density at radius 2 is 2.05 bits per heavy atom. The molecule has 0 bridgehead atoms. The highest BCUT2D eigenvalue weighted by molar-refractivity contribution is 6.31. The van der Waals surface area contributed by atoms with E-state index in [0.29, 0.717) is 13.0 Å². The van der Waals surface area contributed by atoms with Crippen molar-refractivity contribution < 1.29 is 13.6 Å². The predicted molar refractivity (Wildman–Crippen MR) is 78.1 cm³/mol. The normalized spacial score (nSPS) is 18.6. The maximum Gasteiger partial charge on any atom is 0.220 e. The largest absolute Gasteiger partial charge is 0.352 e. The van der Waals surface area contributed by atoms with E-state index in [9.17, 15) is 13.6 Å². The molecule has 0 aliphatic carbocycles. The van der Waals surface area contributed by atoms with Crippen LogP contribution in [0.3, 0.4) is 0 Å². The number of hydrogen-bond acceptors (Lipinski definition) is 2. The molecule has 0 saturated carbocycles. The fourth-order valence-corrected chi connectivity index (χ4v) is 2.69. The van der Waals surface area contributed by atoms with Gasteiger partial charge in [-0.25, -0.2) is 8.78 Å². The molecule has 21 heavy (non-hydrogen) atoms. The Hall–Kier alpha value is -1.20. The van der Waals surface area contributed by atoms with E-state index < -0.39 is 11.6 Å². The van der Waals surface area contributed by atoms with Gasteiger partial charge in [0.2, 0.25) is 5.91 Å². The lowest BCUT2D eigenvalue weighted by Crippen LogP contribution is -2.41. The van der Waals surface area contributed by atoms with Crippen LogP contribution in [0.4, 0.5) is 8.78 Å². The van der Waals surface area contributed by atoms with E-state index in [2.05, 4.69) is 5.32 Å². The van der Waals surface area contributed by atoms with Crippen molar-refractivity contribution in [3.05, 3.63) is 34.4 Å². The third-order valence-electron chi connectivity index (χ3n) is 3.77. The van der Waals surface area contributed by atoms with Gasteiger partial charge in [-0.15, -0.1) is 0 Å². The highest BCUT2D eigenvalue weighted by Gasteiger charge is 2.25. The van der Waals surface area contributed by atoms with Crippen LogP contribution in [0.15, 0.2) is 12.1 Å². The van der Waals surface area contributed by atoms with Crippen LogP contribution in [-0.4, -0.2) is 29.4 Å². The number of amides is 1. The number of carbonyl (C=O) groups is 1. The fourth-order valence-electron chi connectivity index (χ4n) is 2.47. The SMILES string of the molecule is CC(C)N(Cc1c(F)ccc(F)c1Cl)C[C@@H]1CCC(=O)N1. The van der Waals surface area contributed by atoms with Gasteiger partial charge in [-0.3, -0.25) is 9.69 Å². The van der Waals surface area contributed by atoms with Crippen molar-refractivity contribution in [1.29, 1.82) is 0 Å². The molecule has 1 saturated heterocycles. The average Bonchev–Trinajstić information content (AvgIpc) is 2.83. The number of carbonyl (C=O) groups excluding carboxylic acids is 1. The van der Waals surface area contributed by atoms with E-state index in [1.165, 1.54) is 0 Å². The van der Waals surface area contributed by atoms with E-state index in [1.54, 1.807) is 0 Å². The molecule has 1 N–H and O–H groups in total. The molecule has 0 spiro atoms. The molecule has 1 amide bonds. The lowest BCUT2D eigenvalue weighted by molar-refractivity contribution is -0.119. The topological polar surface area (TPSA) is 32.3 Å². The van der Waals surface area contributed by atoms with Gasteiger partial charge in [-0.1, -0.05) is 11.6 Å². The lowest BCUT2D eigenvalue weighted by Gasteiger charge is -2.29. The van der Waals surface area contributed by atoms with Crippen molar-refractivity contribution in [2.24, 2.45) is 0 Å². The first kappa shape index (κ1) is 16.2. The molecule has 1 aromatic carbocycles. The number of halogens is 3. The first-order chi connectivity index (χ1) is 9.88. The monoisotopic (exact) mass is 316 g/mol. The summed E-state index contributed by atoms with van der Waals surface area (Å²) >= 11 is 5.88. The van der Waals surface area contributed by atoms with Crippen molar-refractivity contribution in [3.63, 3.8) is 0 Å². The molecule has 1 aromatic rings. The zero-order valence-electron chi connectivity index (χ0n) is 12.1. The van der Waals surface area contributed by atoms with Crippen LogP contribution in [0.1, 0.15) is 32.3 Å². The summed E-state index contributed by atoms with van der Waals surface area (Å²) in [6.07, 6.45) is 1.28. The van der Waals surface area contributed by atoms with Gasteiger partial charge in [0.05, 0.1) is 5.02 Å². The second kappa shape index (κ2) is 6.71. The second-order valence-electron chi connectivity index (χ2n) is 5.65. The van der Waals surface area contributed by atoms with Crippen LogP contribution in [0.25, 0.3) is 0 Å². The van der Waals surface area contributed by atoms with Crippen molar-refractivity contribution in [2.45, 2.75) is 45.3 Å². The Morgan fingerprint density at radius 3 is 2.62 bits per heavy atom. The summed E-state index contributed by atoms with van der Waals surface area (Å²) in [5.74, 6) is -1.09. The molecule has 0 unspecified atom stereocenters. The maximum absolute atomic E-state index is 13.9. The molecule has 1 fully saturated rings. The summed E-state index contributed by atoms with van der Waals surface area (Å²) in [6, 6.07) is 2.29. The van der Waals surface area contributed by atoms with Crippen LogP contribution < -0.4 is 5.32 Å². The van der Waals surface area contributed by atoms with E-state index in [-0.39, 0.29) is 35.1 Å². The van der Waals surface area contributed by atoms with Crippen molar-refractivity contribution in [1.82, 2.24) is 10.2 Å². The summed E-state index contributed by atoms with van der Waals surface area (Å²) in [5.41, 5.74) is 0.162. The first-order valence-corrected chi connectivity index (χ1v) is 7.42. The van der Waals surface area contributed by atoms with Gasteiger partial charge in [-0.05, 0) is 32.4 Å². The van der Waals surface area contributed by atoms with Crippen molar-refractivity contribution in [2.75, 3.05) is 6.54 Å². The summed E-state index contributed by atoms with van der Waals surface area (Å²) in [4.78, 5) is 13.2. The summed E-state index contributed by atoms with van der Waals surface area (Å²) in [6.45, 7) is 4.76. The number of rotatable bonds is 5. The van der Waals surface area contributed by atoms with Gasteiger partial charge in [0, 0.05) is 37.2 Å². The third kappa shape index (κ3) is 3.92. The smallest absolute Gasteiger partial charge is 0.220 e. The van der Waals surface area contributed by atoms with E-state index >= 15 is 0 Å². The predicted octanol–water partition coefficient (Wildman–Crippen LogP) is 3.11. The molecule has 2 rings (SSSR count). The molecule has 1 aliphatic heterocycles. The first-order valence-electron chi connectivity index (χ1n) is 7.04. The van der Waals surface area contributed by atoms with Crippen LogP contribution >= 0.6 is 11.6 Å². The Bertz CT molecular complexity index is 537. The number of nitrogens with one attached hydrogen (secondary N) is 1. The standard InChI is InChI=1S/C15H19ClF2N2O/c1-9(2)20(7-10-3-6-14(21)19-10)8-11-12(17)4-5-13(18)15(11)16/h4-5,9-10H,3,6-8H2,1-2H3,(H,19,21)/t10-/m0/s1. The summed E-state index contributed by atoms with van der Waals surface area (Å²) in [5, 5.41) is 2.71. The van der Waals surface area contributed by atoms with Crippen LogP contribution in [0.2, 0.25) is 5.02 Å². The molecule has 116 valence electrons. The Balaban J connectivity index is 2.13. The highest BCUT2D eigenvalue weighted by Crippen LogP contribution is 2.25. The van der Waals surface area contributed by atoms with Crippen LogP contribution in [-0.2, 0) is 11.3 Å². The number of nitrogens with zero attached hydrogens (tertiary/aromatic N) is 1. The zero-order chi connectivity index (χ0) is 15.6. The molecule has 1 aliphatic rings. The van der Waals surface area contributed by atoms with Gasteiger partial charge >= 0.3 is 0 Å². The van der Waals surface area contributed by atoms with Gasteiger partial charge < -0.3 is 5.32 Å². The average molecular weight is 317 g/mol. The van der Waals surface area contributed by atoms with E-state index in [0.717, 1.165) is 18.6 Å². The molecular weight excluding hydrogens is 298 g/mol. The van der Waals surface area contributed by atoms with Crippen LogP contribution in [0.5, 0.6) is 0 Å². The fraction of sp³-hybridized carbons (Fsp3) is 0.533.